The molecule has 1 aliphatic rings. The molecule has 34 heavy (non-hydrogen) atoms. The zero-order chi connectivity index (χ0) is 24.5. The largest absolute Gasteiger partial charge is 0.454 e. The Hall–Kier alpha value is -3.73. The van der Waals surface area contributed by atoms with Gasteiger partial charge in [-0.05, 0) is 37.6 Å². The zero-order valence-corrected chi connectivity index (χ0v) is 20.0. The fraction of sp³-hybridized carbons (Fsp3) is 0.304. The van der Waals surface area contributed by atoms with Crippen LogP contribution in [0.15, 0.2) is 53.3 Å². The lowest BCUT2D eigenvalue weighted by Crippen LogP contribution is -2.31. The van der Waals surface area contributed by atoms with Crippen LogP contribution in [-0.2, 0) is 21.9 Å². The zero-order valence-electron chi connectivity index (χ0n) is 19.1. The van der Waals surface area contributed by atoms with Crippen LogP contribution in [-0.4, -0.2) is 43.3 Å². The lowest BCUT2D eigenvalue weighted by molar-refractivity contribution is -0.116. The molecule has 0 unspecified atom stereocenters. The van der Waals surface area contributed by atoms with E-state index in [4.69, 9.17) is 9.47 Å². The Morgan fingerprint density at radius 1 is 1.12 bits per heavy atom. The van der Waals surface area contributed by atoms with Gasteiger partial charge in [-0.25, -0.2) is 13.1 Å². The number of fused-ring (bicyclic) bond motifs is 1. The van der Waals surface area contributed by atoms with Gasteiger partial charge < -0.3 is 14.8 Å². The quantitative estimate of drug-likeness (QED) is 0.523. The number of amides is 1. The first-order valence-electron chi connectivity index (χ1n) is 10.7. The van der Waals surface area contributed by atoms with Crippen LogP contribution >= 0.6 is 0 Å². The third kappa shape index (κ3) is 4.65. The summed E-state index contributed by atoms with van der Waals surface area (Å²) in [5, 5.41) is 2.70. The van der Waals surface area contributed by atoms with Gasteiger partial charge in [0, 0.05) is 26.1 Å². The molecule has 0 bridgehead atoms. The number of ether oxygens (including phenoxy) is 2. The Kier molecular flexibility index (Phi) is 6.38. The molecule has 1 N–H and O–H groups in total. The fourth-order valence-electron chi connectivity index (χ4n) is 3.82. The first kappa shape index (κ1) is 23.4. The van der Waals surface area contributed by atoms with Gasteiger partial charge in [0.25, 0.3) is 5.56 Å². The SMILES string of the molecule is Cc1c(NC(=O)CCCN(c2ccc3c(c2)OCO3)S(C)(=O)=O)c(=O)n(-c2ccccc2)n1C. The molecule has 4 rings (SSSR count). The summed E-state index contributed by atoms with van der Waals surface area (Å²) < 4.78 is 39.7. The highest BCUT2D eigenvalue weighted by atomic mass is 32.2. The summed E-state index contributed by atoms with van der Waals surface area (Å²) in [5.74, 6) is 0.652. The number of sulfonamides is 1. The van der Waals surface area contributed by atoms with Crippen LogP contribution in [0.2, 0.25) is 0 Å². The van der Waals surface area contributed by atoms with Crippen molar-refractivity contribution >= 4 is 27.3 Å². The topological polar surface area (TPSA) is 112 Å². The second kappa shape index (κ2) is 9.26. The molecule has 11 heteroatoms. The van der Waals surface area contributed by atoms with Gasteiger partial charge in [-0.15, -0.1) is 0 Å². The normalized spacial score (nSPS) is 12.6. The molecule has 0 aliphatic carbocycles. The van der Waals surface area contributed by atoms with Crippen LogP contribution in [0, 0.1) is 6.92 Å². The minimum atomic E-state index is -3.59. The van der Waals surface area contributed by atoms with Gasteiger partial charge in [0.2, 0.25) is 22.7 Å². The Morgan fingerprint density at radius 3 is 2.53 bits per heavy atom. The van der Waals surface area contributed by atoms with Crippen molar-refractivity contribution < 1.29 is 22.7 Å². The maximum Gasteiger partial charge on any atom is 0.295 e. The van der Waals surface area contributed by atoms with Crippen LogP contribution in [0.1, 0.15) is 18.5 Å². The molecule has 0 spiro atoms. The molecular formula is C23H26N4O6S. The van der Waals surface area contributed by atoms with E-state index in [2.05, 4.69) is 5.32 Å². The van der Waals surface area contributed by atoms with E-state index in [9.17, 15) is 18.0 Å². The number of hydrogen-bond acceptors (Lipinski definition) is 6. The van der Waals surface area contributed by atoms with Gasteiger partial charge in [-0.3, -0.25) is 18.6 Å². The lowest BCUT2D eigenvalue weighted by atomic mass is 10.2. The van der Waals surface area contributed by atoms with E-state index in [-0.39, 0.29) is 43.3 Å². The van der Waals surface area contributed by atoms with Crippen molar-refractivity contribution in [1.29, 1.82) is 0 Å². The molecule has 0 fully saturated rings. The third-order valence-electron chi connectivity index (χ3n) is 5.63. The Bertz CT molecular complexity index is 1380. The van der Waals surface area contributed by atoms with Crippen LogP contribution in [0.4, 0.5) is 11.4 Å². The first-order valence-corrected chi connectivity index (χ1v) is 12.5. The Morgan fingerprint density at radius 2 is 1.82 bits per heavy atom. The maximum atomic E-state index is 13.0. The minimum Gasteiger partial charge on any atom is -0.454 e. The lowest BCUT2D eigenvalue weighted by Gasteiger charge is -2.22. The second-order valence-electron chi connectivity index (χ2n) is 7.96. The molecule has 0 saturated carbocycles. The van der Waals surface area contributed by atoms with Crippen molar-refractivity contribution in [3.63, 3.8) is 0 Å². The first-order chi connectivity index (χ1) is 16.2. The summed E-state index contributed by atoms with van der Waals surface area (Å²) in [5.41, 5.74) is 1.59. The summed E-state index contributed by atoms with van der Waals surface area (Å²) in [6.45, 7) is 1.93. The van der Waals surface area contributed by atoms with Gasteiger partial charge >= 0.3 is 0 Å². The fourth-order valence-corrected chi connectivity index (χ4v) is 4.78. The predicted molar refractivity (Wildman–Crippen MR) is 128 cm³/mol. The highest BCUT2D eigenvalue weighted by Gasteiger charge is 2.22. The maximum absolute atomic E-state index is 13.0. The number of carbonyl (C=O) groups is 1. The molecule has 180 valence electrons. The summed E-state index contributed by atoms with van der Waals surface area (Å²) in [4.78, 5) is 25.6. The molecule has 2 aromatic carbocycles. The highest BCUT2D eigenvalue weighted by Crippen LogP contribution is 2.36. The number of nitrogens with one attached hydrogen (secondary N) is 1. The molecule has 0 saturated heterocycles. The molecule has 1 aromatic heterocycles. The van der Waals surface area contributed by atoms with Crippen LogP contribution < -0.4 is 24.7 Å². The summed E-state index contributed by atoms with van der Waals surface area (Å²) in [7, 11) is -1.85. The Labute approximate surface area is 197 Å². The van der Waals surface area contributed by atoms with Crippen molar-refractivity contribution in [2.24, 2.45) is 7.05 Å². The van der Waals surface area contributed by atoms with Gasteiger partial charge in [0.15, 0.2) is 11.5 Å². The third-order valence-corrected chi connectivity index (χ3v) is 6.82. The van der Waals surface area contributed by atoms with E-state index in [0.29, 0.717) is 28.6 Å². The number of anilines is 2. The Balaban J connectivity index is 1.44. The summed E-state index contributed by atoms with van der Waals surface area (Å²) >= 11 is 0. The van der Waals surface area contributed by atoms with E-state index in [0.717, 1.165) is 6.26 Å². The molecule has 1 aliphatic heterocycles. The number of nitrogens with zero attached hydrogens (tertiary/aromatic N) is 3. The molecule has 2 heterocycles. The predicted octanol–water partition coefficient (Wildman–Crippen LogP) is 2.40. The van der Waals surface area contributed by atoms with E-state index < -0.39 is 10.0 Å². The van der Waals surface area contributed by atoms with Crippen molar-refractivity contribution in [3.8, 4) is 17.2 Å². The molecular weight excluding hydrogens is 460 g/mol. The standard InChI is InChI=1S/C23H26N4O6S/c1-16-22(23(29)27(25(16)2)17-8-5-4-6-9-17)24-21(28)10-7-13-26(34(3,30)31)18-11-12-19-20(14-18)33-15-32-19/h4-6,8-9,11-12,14H,7,10,13,15H2,1-3H3,(H,24,28). The number of hydrogen-bond donors (Lipinski definition) is 1. The van der Waals surface area contributed by atoms with Gasteiger partial charge in [-0.1, -0.05) is 18.2 Å². The van der Waals surface area contributed by atoms with Crippen molar-refractivity contribution in [2.75, 3.05) is 29.2 Å². The van der Waals surface area contributed by atoms with E-state index in [1.54, 1.807) is 36.9 Å². The van der Waals surface area contributed by atoms with Crippen molar-refractivity contribution in [2.45, 2.75) is 19.8 Å². The summed E-state index contributed by atoms with van der Waals surface area (Å²) in [6.07, 6.45) is 1.40. The van der Waals surface area contributed by atoms with Crippen LogP contribution in [0.5, 0.6) is 11.5 Å². The number of para-hydroxylation sites is 1. The number of carbonyl (C=O) groups excluding carboxylic acids is 1. The number of benzene rings is 2. The monoisotopic (exact) mass is 486 g/mol. The molecule has 0 radical (unpaired) electrons. The summed E-state index contributed by atoms with van der Waals surface area (Å²) in [6, 6.07) is 14.0. The van der Waals surface area contributed by atoms with Gasteiger partial charge in [-0.2, -0.15) is 0 Å². The van der Waals surface area contributed by atoms with Crippen LogP contribution in [0.25, 0.3) is 5.69 Å². The molecule has 0 atom stereocenters. The van der Waals surface area contributed by atoms with E-state index in [1.165, 1.54) is 8.99 Å². The van der Waals surface area contributed by atoms with Crippen molar-refractivity contribution in [3.05, 3.63) is 64.6 Å². The number of aromatic nitrogens is 2. The van der Waals surface area contributed by atoms with Crippen molar-refractivity contribution in [1.82, 2.24) is 9.36 Å². The average Bonchev–Trinajstić information content (AvgIpc) is 3.34. The van der Waals surface area contributed by atoms with Gasteiger partial charge in [0.05, 0.1) is 23.3 Å². The van der Waals surface area contributed by atoms with Gasteiger partial charge in [0.1, 0.15) is 5.69 Å². The average molecular weight is 487 g/mol. The highest BCUT2D eigenvalue weighted by molar-refractivity contribution is 7.92. The van der Waals surface area contributed by atoms with Crippen LogP contribution in [0.3, 0.4) is 0 Å². The second-order valence-corrected chi connectivity index (χ2v) is 9.87. The minimum absolute atomic E-state index is 0.0374. The molecule has 1 amide bonds. The smallest absolute Gasteiger partial charge is 0.295 e. The van der Waals surface area contributed by atoms with E-state index >= 15 is 0 Å². The van der Waals surface area contributed by atoms with E-state index in [1.807, 2.05) is 30.3 Å². The molecule has 10 nitrogen and oxygen atoms in total. The molecule has 3 aromatic rings. The number of rotatable bonds is 8.